The van der Waals surface area contributed by atoms with Crippen LogP contribution in [0, 0.1) is 0 Å². The van der Waals surface area contributed by atoms with Crippen molar-refractivity contribution in [2.45, 2.75) is 26.3 Å². The lowest BCUT2D eigenvalue weighted by molar-refractivity contribution is -0.141. The first-order valence-corrected chi connectivity index (χ1v) is 5.11. The van der Waals surface area contributed by atoms with Gasteiger partial charge < -0.3 is 10.1 Å². The summed E-state index contributed by atoms with van der Waals surface area (Å²) in [5.74, 6) is 0.479. The molecule has 1 aromatic heterocycles. The number of esters is 1. The molecule has 14 heavy (non-hydrogen) atoms. The lowest BCUT2D eigenvalue weighted by Crippen LogP contribution is -2.27. The smallest absolute Gasteiger partial charge is 0.328 e. The molecule has 0 fully saturated rings. The molecule has 0 amide bonds. The van der Waals surface area contributed by atoms with Gasteiger partial charge in [-0.2, -0.15) is 4.37 Å². The standard InChI is InChI=1S/C8H13N3O2S/c1-4-6-10-8(14-11-6)9-5(2)7(12)13-3/h5H,4H2,1-3H3,(H,9,10,11). The summed E-state index contributed by atoms with van der Waals surface area (Å²) in [6, 6.07) is -0.391. The molecule has 0 radical (unpaired) electrons. The van der Waals surface area contributed by atoms with E-state index in [0.29, 0.717) is 5.13 Å². The summed E-state index contributed by atoms with van der Waals surface area (Å²) in [5, 5.41) is 3.57. The van der Waals surface area contributed by atoms with Crippen LogP contribution in [0.4, 0.5) is 5.13 Å². The topological polar surface area (TPSA) is 64.1 Å². The fourth-order valence-corrected chi connectivity index (χ4v) is 1.61. The summed E-state index contributed by atoms with van der Waals surface area (Å²) in [6.07, 6.45) is 0.796. The zero-order chi connectivity index (χ0) is 10.6. The van der Waals surface area contributed by atoms with Gasteiger partial charge in [-0.3, -0.25) is 0 Å². The van der Waals surface area contributed by atoms with Crippen molar-refractivity contribution in [3.8, 4) is 0 Å². The Labute approximate surface area is 86.7 Å². The molecule has 0 bridgehead atoms. The van der Waals surface area contributed by atoms with E-state index in [9.17, 15) is 4.79 Å². The molecule has 6 heteroatoms. The summed E-state index contributed by atoms with van der Waals surface area (Å²) in [6.45, 7) is 3.70. The largest absolute Gasteiger partial charge is 0.467 e. The number of nitrogens with zero attached hydrogens (tertiary/aromatic N) is 2. The third kappa shape index (κ3) is 2.66. The van der Waals surface area contributed by atoms with E-state index in [-0.39, 0.29) is 5.97 Å². The number of nitrogens with one attached hydrogen (secondary N) is 1. The van der Waals surface area contributed by atoms with Gasteiger partial charge in [-0.05, 0) is 6.92 Å². The average molecular weight is 215 g/mol. The van der Waals surface area contributed by atoms with Gasteiger partial charge in [0.05, 0.1) is 7.11 Å². The predicted molar refractivity (Wildman–Crippen MR) is 54.4 cm³/mol. The van der Waals surface area contributed by atoms with Gasteiger partial charge in [-0.1, -0.05) is 6.92 Å². The molecule has 1 heterocycles. The fourth-order valence-electron chi connectivity index (χ4n) is 0.877. The van der Waals surface area contributed by atoms with Gasteiger partial charge in [0, 0.05) is 18.0 Å². The van der Waals surface area contributed by atoms with Gasteiger partial charge in [0.1, 0.15) is 11.9 Å². The van der Waals surface area contributed by atoms with Crippen molar-refractivity contribution < 1.29 is 9.53 Å². The van der Waals surface area contributed by atoms with Crippen molar-refractivity contribution >= 4 is 22.6 Å². The number of hydrogen-bond donors (Lipinski definition) is 1. The van der Waals surface area contributed by atoms with Crippen molar-refractivity contribution in [3.05, 3.63) is 5.82 Å². The first-order valence-electron chi connectivity index (χ1n) is 4.34. The first kappa shape index (κ1) is 10.9. The minimum Gasteiger partial charge on any atom is -0.467 e. The van der Waals surface area contributed by atoms with Crippen molar-refractivity contribution in [1.82, 2.24) is 9.36 Å². The molecule has 5 nitrogen and oxygen atoms in total. The molecule has 1 rings (SSSR count). The number of methoxy groups -OCH3 is 1. The zero-order valence-corrected chi connectivity index (χ0v) is 9.22. The highest BCUT2D eigenvalue weighted by Crippen LogP contribution is 2.12. The maximum Gasteiger partial charge on any atom is 0.328 e. The molecule has 1 N–H and O–H groups in total. The molecular weight excluding hydrogens is 202 g/mol. The van der Waals surface area contributed by atoms with E-state index < -0.39 is 6.04 Å². The Morgan fingerprint density at radius 1 is 1.71 bits per heavy atom. The summed E-state index contributed by atoms with van der Waals surface area (Å²) < 4.78 is 8.66. The van der Waals surface area contributed by atoms with E-state index in [1.54, 1.807) is 6.92 Å². The number of carbonyl (C=O) groups is 1. The van der Waals surface area contributed by atoms with Crippen LogP contribution in [0.25, 0.3) is 0 Å². The highest BCUT2D eigenvalue weighted by Gasteiger charge is 2.14. The van der Waals surface area contributed by atoms with Crippen molar-refractivity contribution in [3.63, 3.8) is 0 Å². The third-order valence-electron chi connectivity index (χ3n) is 1.68. The van der Waals surface area contributed by atoms with Gasteiger partial charge in [0.15, 0.2) is 0 Å². The number of hydrogen-bond acceptors (Lipinski definition) is 6. The normalized spacial score (nSPS) is 12.2. The molecule has 0 aliphatic heterocycles. The molecule has 0 saturated carbocycles. The van der Waals surface area contributed by atoms with Crippen LogP contribution in [0.5, 0.6) is 0 Å². The number of rotatable bonds is 4. The average Bonchev–Trinajstić information content (AvgIpc) is 2.64. The van der Waals surface area contributed by atoms with Gasteiger partial charge in [0.25, 0.3) is 0 Å². The SMILES string of the molecule is CCc1nsc(NC(C)C(=O)OC)n1. The molecule has 0 spiro atoms. The van der Waals surface area contributed by atoms with Crippen LogP contribution >= 0.6 is 11.5 Å². The fraction of sp³-hybridized carbons (Fsp3) is 0.625. The third-order valence-corrected chi connectivity index (χ3v) is 2.36. The van der Waals surface area contributed by atoms with Crippen LogP contribution in [0.3, 0.4) is 0 Å². The number of carbonyl (C=O) groups excluding carboxylic acids is 1. The second kappa shape index (κ2) is 4.90. The first-order chi connectivity index (χ1) is 6.67. The lowest BCUT2D eigenvalue weighted by Gasteiger charge is -2.08. The monoisotopic (exact) mass is 215 g/mol. The van der Waals surface area contributed by atoms with E-state index in [0.717, 1.165) is 12.2 Å². The van der Waals surface area contributed by atoms with E-state index in [2.05, 4.69) is 19.4 Å². The number of aromatic nitrogens is 2. The van der Waals surface area contributed by atoms with E-state index >= 15 is 0 Å². The Morgan fingerprint density at radius 3 is 2.93 bits per heavy atom. The molecule has 78 valence electrons. The molecule has 1 unspecified atom stereocenters. The summed E-state index contributed by atoms with van der Waals surface area (Å²) in [4.78, 5) is 15.2. The molecule has 0 aromatic carbocycles. The van der Waals surface area contributed by atoms with Crippen LogP contribution in [0.2, 0.25) is 0 Å². The molecule has 0 saturated heterocycles. The summed E-state index contributed by atoms with van der Waals surface area (Å²) in [5.41, 5.74) is 0. The molecule has 0 aliphatic carbocycles. The Kier molecular flexibility index (Phi) is 3.82. The highest BCUT2D eigenvalue weighted by molar-refractivity contribution is 7.09. The van der Waals surface area contributed by atoms with Gasteiger partial charge >= 0.3 is 5.97 Å². The number of anilines is 1. The highest BCUT2D eigenvalue weighted by atomic mass is 32.1. The number of ether oxygens (including phenoxy) is 1. The summed E-state index contributed by atoms with van der Waals surface area (Å²) in [7, 11) is 1.36. The lowest BCUT2D eigenvalue weighted by atomic mass is 10.3. The van der Waals surface area contributed by atoms with Gasteiger partial charge in [-0.25, -0.2) is 9.78 Å². The van der Waals surface area contributed by atoms with Gasteiger partial charge in [-0.15, -0.1) is 0 Å². The van der Waals surface area contributed by atoms with Crippen molar-refractivity contribution in [1.29, 1.82) is 0 Å². The second-order valence-electron chi connectivity index (χ2n) is 2.76. The van der Waals surface area contributed by atoms with E-state index in [1.807, 2.05) is 6.92 Å². The van der Waals surface area contributed by atoms with Gasteiger partial charge in [0.2, 0.25) is 5.13 Å². The Bertz CT molecular complexity index is 313. The molecule has 1 aromatic rings. The second-order valence-corrected chi connectivity index (χ2v) is 3.51. The minimum absolute atomic E-state index is 0.307. The minimum atomic E-state index is -0.391. The Balaban J connectivity index is 2.55. The maximum atomic E-state index is 11.1. The van der Waals surface area contributed by atoms with Crippen LogP contribution in [0.15, 0.2) is 0 Å². The van der Waals surface area contributed by atoms with Crippen molar-refractivity contribution in [2.24, 2.45) is 0 Å². The van der Waals surface area contributed by atoms with E-state index in [4.69, 9.17) is 0 Å². The molecule has 1 atom stereocenters. The van der Waals surface area contributed by atoms with E-state index in [1.165, 1.54) is 18.6 Å². The number of aryl methyl sites for hydroxylation is 1. The van der Waals surface area contributed by atoms with Crippen molar-refractivity contribution in [2.75, 3.05) is 12.4 Å². The Morgan fingerprint density at radius 2 is 2.43 bits per heavy atom. The quantitative estimate of drug-likeness (QED) is 0.761. The zero-order valence-electron chi connectivity index (χ0n) is 8.40. The maximum absolute atomic E-state index is 11.1. The predicted octanol–water partition coefficient (Wildman–Crippen LogP) is 1.07. The molecule has 0 aliphatic rings. The van der Waals surface area contributed by atoms with Crippen LogP contribution in [0.1, 0.15) is 19.7 Å². The molecular formula is C8H13N3O2S. The van der Waals surface area contributed by atoms with Crippen LogP contribution in [-0.4, -0.2) is 28.5 Å². The summed E-state index contributed by atoms with van der Waals surface area (Å²) >= 11 is 1.25. The van der Waals surface area contributed by atoms with Crippen LogP contribution < -0.4 is 5.32 Å². The van der Waals surface area contributed by atoms with Crippen LogP contribution in [-0.2, 0) is 16.0 Å². The Hall–Kier alpha value is -1.17.